The first kappa shape index (κ1) is 15.4. The molecule has 0 amide bonds. The second-order valence-electron chi connectivity index (χ2n) is 3.99. The average molecular weight is 379 g/mol. The molecule has 0 spiro atoms. The molecule has 0 saturated carbocycles. The fourth-order valence-corrected chi connectivity index (χ4v) is 4.34. The first-order valence-corrected chi connectivity index (χ1v) is 8.78. The highest BCUT2D eigenvalue weighted by atomic mass is 79.9. The van der Waals surface area contributed by atoms with E-state index in [0.29, 0.717) is 18.7 Å². The summed E-state index contributed by atoms with van der Waals surface area (Å²) >= 11 is 4.19. The molecule has 20 heavy (non-hydrogen) atoms. The van der Waals surface area contributed by atoms with Crippen LogP contribution in [-0.2, 0) is 16.4 Å². The Morgan fingerprint density at radius 1 is 1.30 bits per heavy atom. The highest BCUT2D eigenvalue weighted by Crippen LogP contribution is 2.26. The first-order valence-electron chi connectivity index (χ1n) is 5.69. The Hall–Kier alpha value is -0.960. The maximum Gasteiger partial charge on any atom is 0.271 e. The Labute approximate surface area is 129 Å². The molecule has 4 nitrogen and oxygen atoms in total. The van der Waals surface area contributed by atoms with Crippen LogP contribution in [0.3, 0.4) is 0 Å². The van der Waals surface area contributed by atoms with E-state index in [1.54, 1.807) is 6.07 Å². The largest absolute Gasteiger partial charge is 0.330 e. The molecule has 0 bridgehead atoms. The highest BCUT2D eigenvalue weighted by molar-refractivity contribution is 9.10. The van der Waals surface area contributed by atoms with E-state index in [2.05, 4.69) is 20.7 Å². The third kappa shape index (κ3) is 3.57. The number of hydrogen-bond acceptors (Lipinski definition) is 4. The van der Waals surface area contributed by atoms with Crippen molar-refractivity contribution in [2.75, 3.05) is 11.3 Å². The standard InChI is InChI=1S/C12H12BrFN2O2S2/c13-10-7-8(1-3-11(10)14)16-20(17,18)12-4-2-9(19-12)5-6-15/h1-4,7,16H,5-6,15H2. The van der Waals surface area contributed by atoms with Crippen LogP contribution < -0.4 is 10.5 Å². The van der Waals surface area contributed by atoms with Crippen LogP contribution in [0.25, 0.3) is 0 Å². The minimum Gasteiger partial charge on any atom is -0.330 e. The molecule has 108 valence electrons. The van der Waals surface area contributed by atoms with E-state index >= 15 is 0 Å². The number of sulfonamides is 1. The number of benzene rings is 1. The van der Waals surface area contributed by atoms with Crippen LogP contribution in [0, 0.1) is 5.82 Å². The van der Waals surface area contributed by atoms with Gasteiger partial charge in [-0.3, -0.25) is 4.72 Å². The molecule has 1 aromatic heterocycles. The van der Waals surface area contributed by atoms with Crippen LogP contribution in [0.4, 0.5) is 10.1 Å². The number of rotatable bonds is 5. The first-order chi connectivity index (χ1) is 9.42. The topological polar surface area (TPSA) is 72.2 Å². The summed E-state index contributed by atoms with van der Waals surface area (Å²) in [5.74, 6) is -0.450. The lowest BCUT2D eigenvalue weighted by atomic mass is 10.3. The molecule has 0 aliphatic heterocycles. The van der Waals surface area contributed by atoms with Gasteiger partial charge in [0.1, 0.15) is 10.0 Å². The van der Waals surface area contributed by atoms with Gasteiger partial charge in [-0.2, -0.15) is 0 Å². The van der Waals surface area contributed by atoms with Crippen molar-refractivity contribution in [3.05, 3.63) is 45.5 Å². The van der Waals surface area contributed by atoms with E-state index in [1.165, 1.54) is 35.6 Å². The lowest BCUT2D eigenvalue weighted by molar-refractivity contribution is 0.602. The Bertz CT molecular complexity index is 716. The van der Waals surface area contributed by atoms with Gasteiger partial charge >= 0.3 is 0 Å². The van der Waals surface area contributed by atoms with Crippen LogP contribution in [0.1, 0.15) is 4.88 Å². The van der Waals surface area contributed by atoms with Crippen molar-refractivity contribution in [1.82, 2.24) is 0 Å². The summed E-state index contributed by atoms with van der Waals surface area (Å²) in [5.41, 5.74) is 5.73. The van der Waals surface area contributed by atoms with Crippen LogP contribution in [0.15, 0.2) is 39.0 Å². The SMILES string of the molecule is NCCc1ccc(S(=O)(=O)Nc2ccc(F)c(Br)c2)s1. The van der Waals surface area contributed by atoms with Gasteiger partial charge in [0.05, 0.1) is 10.2 Å². The number of hydrogen-bond donors (Lipinski definition) is 2. The van der Waals surface area contributed by atoms with Gasteiger partial charge in [-0.05, 0) is 59.2 Å². The molecule has 3 N–H and O–H groups in total. The smallest absolute Gasteiger partial charge is 0.271 e. The molecule has 0 fully saturated rings. The van der Waals surface area contributed by atoms with E-state index in [0.717, 1.165) is 4.88 Å². The number of nitrogens with one attached hydrogen (secondary N) is 1. The zero-order valence-corrected chi connectivity index (χ0v) is 13.5. The van der Waals surface area contributed by atoms with E-state index in [1.807, 2.05) is 0 Å². The van der Waals surface area contributed by atoms with Gasteiger partial charge in [0.15, 0.2) is 0 Å². The lowest BCUT2D eigenvalue weighted by Gasteiger charge is -2.06. The number of halogens is 2. The fraction of sp³-hybridized carbons (Fsp3) is 0.167. The molecule has 0 aliphatic carbocycles. The van der Waals surface area contributed by atoms with Crippen molar-refractivity contribution >= 4 is 43.0 Å². The molecular weight excluding hydrogens is 367 g/mol. The van der Waals surface area contributed by atoms with Crippen molar-refractivity contribution in [2.45, 2.75) is 10.6 Å². The summed E-state index contributed by atoms with van der Waals surface area (Å²) in [6, 6.07) is 7.22. The Morgan fingerprint density at radius 2 is 2.05 bits per heavy atom. The van der Waals surface area contributed by atoms with Crippen LogP contribution in [0.2, 0.25) is 0 Å². The van der Waals surface area contributed by atoms with E-state index < -0.39 is 15.8 Å². The van der Waals surface area contributed by atoms with Gasteiger partial charge in [0.25, 0.3) is 10.0 Å². The second kappa shape index (κ2) is 6.21. The monoisotopic (exact) mass is 378 g/mol. The van der Waals surface area contributed by atoms with Crippen LogP contribution in [-0.4, -0.2) is 15.0 Å². The maximum atomic E-state index is 13.1. The molecule has 8 heteroatoms. The van der Waals surface area contributed by atoms with Crippen molar-refractivity contribution < 1.29 is 12.8 Å². The van der Waals surface area contributed by atoms with E-state index in [-0.39, 0.29) is 8.68 Å². The zero-order chi connectivity index (χ0) is 14.8. The van der Waals surface area contributed by atoms with E-state index in [9.17, 15) is 12.8 Å². The molecule has 0 unspecified atom stereocenters. The quantitative estimate of drug-likeness (QED) is 0.839. The number of thiophene rings is 1. The minimum absolute atomic E-state index is 0.202. The average Bonchev–Trinajstić information content (AvgIpc) is 2.83. The molecule has 1 aromatic carbocycles. The van der Waals surface area contributed by atoms with Crippen molar-refractivity contribution in [2.24, 2.45) is 5.73 Å². The second-order valence-corrected chi connectivity index (χ2v) is 7.93. The Morgan fingerprint density at radius 3 is 2.70 bits per heavy atom. The minimum atomic E-state index is -3.66. The van der Waals surface area contributed by atoms with Crippen LogP contribution in [0.5, 0.6) is 0 Å². The Balaban J connectivity index is 2.23. The Kier molecular flexibility index (Phi) is 4.79. The van der Waals surface area contributed by atoms with Gasteiger partial charge < -0.3 is 5.73 Å². The molecule has 0 radical (unpaired) electrons. The summed E-state index contributed by atoms with van der Waals surface area (Å²) in [6.07, 6.45) is 0.641. The normalized spacial score (nSPS) is 11.6. The van der Waals surface area contributed by atoms with Crippen molar-refractivity contribution in [3.63, 3.8) is 0 Å². The van der Waals surface area contributed by atoms with Crippen molar-refractivity contribution in [3.8, 4) is 0 Å². The summed E-state index contributed by atoms with van der Waals surface area (Å²) in [5, 5.41) is 0. The summed E-state index contributed by atoms with van der Waals surface area (Å²) < 4.78 is 40.3. The molecule has 0 saturated heterocycles. The lowest BCUT2D eigenvalue weighted by Crippen LogP contribution is -2.11. The van der Waals surface area contributed by atoms with Gasteiger partial charge in [-0.15, -0.1) is 11.3 Å². The molecule has 1 heterocycles. The van der Waals surface area contributed by atoms with E-state index in [4.69, 9.17) is 5.73 Å². The molecule has 0 atom stereocenters. The summed E-state index contributed by atoms with van der Waals surface area (Å²) in [6.45, 7) is 0.471. The summed E-state index contributed by atoms with van der Waals surface area (Å²) in [7, 11) is -3.66. The highest BCUT2D eigenvalue weighted by Gasteiger charge is 2.17. The van der Waals surface area contributed by atoms with Gasteiger partial charge in [0.2, 0.25) is 0 Å². The number of nitrogens with two attached hydrogens (primary N) is 1. The van der Waals surface area contributed by atoms with Crippen LogP contribution >= 0.6 is 27.3 Å². The van der Waals surface area contributed by atoms with Crippen molar-refractivity contribution in [1.29, 1.82) is 0 Å². The zero-order valence-electron chi connectivity index (χ0n) is 10.3. The number of anilines is 1. The third-order valence-corrected chi connectivity index (χ3v) is 6.09. The maximum absolute atomic E-state index is 13.1. The van der Waals surface area contributed by atoms with Gasteiger partial charge in [0, 0.05) is 4.88 Å². The van der Waals surface area contributed by atoms with Gasteiger partial charge in [-0.1, -0.05) is 0 Å². The summed E-state index contributed by atoms with van der Waals surface area (Å²) in [4.78, 5) is 0.910. The fourth-order valence-electron chi connectivity index (χ4n) is 1.54. The molecule has 2 aromatic rings. The molecule has 0 aliphatic rings. The predicted molar refractivity (Wildman–Crippen MR) is 82.0 cm³/mol. The predicted octanol–water partition coefficient (Wildman–Crippen LogP) is 2.95. The molecule has 2 rings (SSSR count). The third-order valence-electron chi connectivity index (χ3n) is 2.46. The molecular formula is C12H12BrFN2O2S2. The van der Waals surface area contributed by atoms with Gasteiger partial charge in [-0.25, -0.2) is 12.8 Å².